The topological polar surface area (TPSA) is 83.5 Å². The Hall–Kier alpha value is -3.91. The number of rotatable bonds is 6. The average Bonchev–Trinajstić information content (AvgIpc) is 3.56. The number of aromatic carboxylic acids is 1. The summed E-state index contributed by atoms with van der Waals surface area (Å²) in [5.74, 6) is -0.140. The van der Waals surface area contributed by atoms with E-state index in [9.17, 15) is 9.90 Å². The number of carboxylic acids is 1. The van der Waals surface area contributed by atoms with Crippen molar-refractivity contribution in [2.24, 2.45) is 0 Å². The average molecular weight is 445 g/mol. The molecule has 1 saturated heterocycles. The van der Waals surface area contributed by atoms with E-state index in [-0.39, 0.29) is 17.6 Å². The molecule has 4 heterocycles. The molecule has 2 atom stereocenters. The summed E-state index contributed by atoms with van der Waals surface area (Å²) in [5.41, 5.74) is 3.00. The van der Waals surface area contributed by atoms with Crippen LogP contribution in [0.1, 0.15) is 39.6 Å². The Morgan fingerprint density at radius 2 is 1.94 bits per heavy atom. The van der Waals surface area contributed by atoms with Gasteiger partial charge in [-0.25, -0.2) is 4.79 Å². The lowest BCUT2D eigenvalue weighted by molar-refractivity contribution is 0.0697. The van der Waals surface area contributed by atoms with E-state index in [0.717, 1.165) is 22.8 Å². The van der Waals surface area contributed by atoms with Crippen LogP contribution < -0.4 is 5.32 Å². The maximum Gasteiger partial charge on any atom is 0.335 e. The monoisotopic (exact) mass is 444 g/mol. The van der Waals surface area contributed by atoms with E-state index in [4.69, 9.17) is 16.6 Å². The van der Waals surface area contributed by atoms with Crippen molar-refractivity contribution in [3.63, 3.8) is 0 Å². The Labute approximate surface area is 189 Å². The third-order valence-corrected chi connectivity index (χ3v) is 5.93. The van der Waals surface area contributed by atoms with Crippen LogP contribution in [0.4, 0.5) is 0 Å². The summed E-state index contributed by atoms with van der Waals surface area (Å²) in [4.78, 5) is 17.9. The number of thiocarbonyl (C=S) groups is 1. The maximum absolute atomic E-state index is 11.3. The summed E-state index contributed by atoms with van der Waals surface area (Å²) in [5, 5.41) is 13.3. The molecule has 0 saturated carbocycles. The summed E-state index contributed by atoms with van der Waals surface area (Å²) < 4.78 is 7.65. The van der Waals surface area contributed by atoms with Gasteiger partial charge in [-0.2, -0.15) is 0 Å². The van der Waals surface area contributed by atoms with Gasteiger partial charge in [0.2, 0.25) is 0 Å². The first-order chi connectivity index (χ1) is 15.6. The minimum atomic E-state index is -0.950. The van der Waals surface area contributed by atoms with Crippen LogP contribution in [0.3, 0.4) is 0 Å². The van der Waals surface area contributed by atoms with Crippen LogP contribution in [0.2, 0.25) is 0 Å². The SMILES string of the molecule is O=C(O)c1ccc(-n2cccc2[C@H]2[C@H](c3ccccn3)NC(=S)N2Cc2ccco2)cc1. The molecule has 0 radical (unpaired) electrons. The number of nitrogens with zero attached hydrogens (tertiary/aromatic N) is 3. The molecule has 0 amide bonds. The number of carbonyl (C=O) groups is 1. The van der Waals surface area contributed by atoms with E-state index in [1.54, 1.807) is 36.7 Å². The molecule has 0 aliphatic carbocycles. The Balaban J connectivity index is 1.58. The molecule has 0 spiro atoms. The van der Waals surface area contributed by atoms with E-state index in [1.165, 1.54) is 0 Å². The van der Waals surface area contributed by atoms with Gasteiger partial charge in [-0.3, -0.25) is 4.98 Å². The molecular weight excluding hydrogens is 424 g/mol. The molecular formula is C24H20N4O3S. The first kappa shape index (κ1) is 20.0. The van der Waals surface area contributed by atoms with Gasteiger partial charge >= 0.3 is 5.97 Å². The third kappa shape index (κ3) is 3.65. The second kappa shape index (κ2) is 8.32. The van der Waals surface area contributed by atoms with Crippen molar-refractivity contribution in [2.45, 2.75) is 18.6 Å². The van der Waals surface area contributed by atoms with Crippen molar-refractivity contribution in [2.75, 3.05) is 0 Å². The lowest BCUT2D eigenvalue weighted by Gasteiger charge is -2.28. The van der Waals surface area contributed by atoms with Crippen LogP contribution in [-0.2, 0) is 6.54 Å². The molecule has 0 unspecified atom stereocenters. The fourth-order valence-corrected chi connectivity index (χ4v) is 4.41. The lowest BCUT2D eigenvalue weighted by Crippen LogP contribution is -2.29. The number of furan rings is 1. The smallest absolute Gasteiger partial charge is 0.335 e. The summed E-state index contributed by atoms with van der Waals surface area (Å²) in [6.07, 6.45) is 5.39. The molecule has 1 aliphatic rings. The molecule has 8 heteroatoms. The largest absolute Gasteiger partial charge is 0.478 e. The maximum atomic E-state index is 11.3. The molecule has 4 aromatic rings. The van der Waals surface area contributed by atoms with Gasteiger partial charge in [-0.15, -0.1) is 0 Å². The molecule has 1 aliphatic heterocycles. The highest BCUT2D eigenvalue weighted by Crippen LogP contribution is 2.40. The van der Waals surface area contributed by atoms with E-state index in [0.29, 0.717) is 11.7 Å². The third-order valence-electron chi connectivity index (χ3n) is 5.58. The zero-order valence-corrected chi connectivity index (χ0v) is 17.8. The zero-order chi connectivity index (χ0) is 22.1. The number of carboxylic acid groups (broad SMARTS) is 1. The van der Waals surface area contributed by atoms with Gasteiger partial charge in [0.25, 0.3) is 0 Å². The molecule has 1 fully saturated rings. The molecule has 1 aromatic carbocycles. The normalized spacial score (nSPS) is 18.0. The number of hydrogen-bond donors (Lipinski definition) is 2. The highest BCUT2D eigenvalue weighted by Gasteiger charge is 2.41. The van der Waals surface area contributed by atoms with E-state index < -0.39 is 5.97 Å². The fraction of sp³-hybridized carbons (Fsp3) is 0.125. The van der Waals surface area contributed by atoms with Crippen molar-refractivity contribution >= 4 is 23.3 Å². The van der Waals surface area contributed by atoms with Gasteiger partial charge in [0.05, 0.1) is 36.1 Å². The van der Waals surface area contributed by atoms with Gasteiger partial charge in [0.15, 0.2) is 5.11 Å². The van der Waals surface area contributed by atoms with Crippen molar-refractivity contribution in [3.8, 4) is 5.69 Å². The van der Waals surface area contributed by atoms with Crippen LogP contribution in [0, 0.1) is 0 Å². The van der Waals surface area contributed by atoms with Crippen molar-refractivity contribution in [3.05, 3.63) is 108 Å². The highest BCUT2D eigenvalue weighted by molar-refractivity contribution is 7.80. The van der Waals surface area contributed by atoms with Crippen molar-refractivity contribution in [1.29, 1.82) is 0 Å². The fourth-order valence-electron chi connectivity index (χ4n) is 4.10. The molecule has 2 N–H and O–H groups in total. The number of benzene rings is 1. The zero-order valence-electron chi connectivity index (χ0n) is 17.0. The number of pyridine rings is 1. The van der Waals surface area contributed by atoms with Crippen molar-refractivity contribution < 1.29 is 14.3 Å². The summed E-state index contributed by atoms with van der Waals surface area (Å²) in [6, 6.07) is 20.2. The summed E-state index contributed by atoms with van der Waals surface area (Å²) in [7, 11) is 0. The second-order valence-electron chi connectivity index (χ2n) is 7.49. The first-order valence-corrected chi connectivity index (χ1v) is 10.5. The predicted octanol–water partition coefficient (Wildman–Crippen LogP) is 4.34. The highest BCUT2D eigenvalue weighted by atomic mass is 32.1. The minimum Gasteiger partial charge on any atom is -0.478 e. The van der Waals surface area contributed by atoms with Gasteiger partial charge < -0.3 is 24.3 Å². The van der Waals surface area contributed by atoms with Crippen molar-refractivity contribution in [1.82, 2.24) is 19.8 Å². The summed E-state index contributed by atoms with van der Waals surface area (Å²) in [6.45, 7) is 0.510. The van der Waals surface area contributed by atoms with Gasteiger partial charge in [0.1, 0.15) is 5.76 Å². The number of nitrogens with one attached hydrogen (secondary N) is 1. The standard InChI is InChI=1S/C24H20N4O3S/c29-23(30)16-8-10-17(11-9-16)27-13-3-7-20(27)22-21(19-6-1-2-12-25-19)26-24(32)28(22)15-18-5-4-14-31-18/h1-14,21-22H,15H2,(H,26,32)(H,29,30)/t21-,22-/m0/s1. The number of aromatic nitrogens is 2. The number of hydrogen-bond acceptors (Lipinski definition) is 4. The Morgan fingerprint density at radius 1 is 1.09 bits per heavy atom. The van der Waals surface area contributed by atoms with Crippen LogP contribution in [0.15, 0.2) is 89.8 Å². The van der Waals surface area contributed by atoms with Crippen LogP contribution in [-0.4, -0.2) is 30.6 Å². The molecule has 3 aromatic heterocycles. The van der Waals surface area contributed by atoms with Crippen LogP contribution in [0.25, 0.3) is 5.69 Å². The van der Waals surface area contributed by atoms with Gasteiger partial charge in [0, 0.05) is 23.8 Å². The summed E-state index contributed by atoms with van der Waals surface area (Å²) >= 11 is 5.72. The van der Waals surface area contributed by atoms with E-state index >= 15 is 0 Å². The minimum absolute atomic E-state index is 0.156. The molecule has 32 heavy (non-hydrogen) atoms. The van der Waals surface area contributed by atoms with E-state index in [1.807, 2.05) is 42.6 Å². The molecule has 7 nitrogen and oxygen atoms in total. The Bertz CT molecular complexity index is 1240. The second-order valence-corrected chi connectivity index (χ2v) is 7.88. The molecule has 160 valence electrons. The molecule has 5 rings (SSSR count). The quantitative estimate of drug-likeness (QED) is 0.428. The molecule has 0 bridgehead atoms. The van der Waals surface area contributed by atoms with Crippen LogP contribution >= 0.6 is 12.2 Å². The first-order valence-electron chi connectivity index (χ1n) is 10.1. The van der Waals surface area contributed by atoms with Gasteiger partial charge in [-0.1, -0.05) is 6.07 Å². The van der Waals surface area contributed by atoms with Crippen LogP contribution in [0.5, 0.6) is 0 Å². The van der Waals surface area contributed by atoms with E-state index in [2.05, 4.69) is 25.8 Å². The lowest BCUT2D eigenvalue weighted by atomic mass is 10.0. The predicted molar refractivity (Wildman–Crippen MR) is 122 cm³/mol. The Morgan fingerprint density at radius 3 is 2.62 bits per heavy atom. The Kier molecular flexibility index (Phi) is 5.20. The van der Waals surface area contributed by atoms with Gasteiger partial charge in [-0.05, 0) is 72.9 Å².